The van der Waals surface area contributed by atoms with Crippen molar-refractivity contribution in [3.63, 3.8) is 0 Å². The molecule has 1 aromatic heterocycles. The van der Waals surface area contributed by atoms with Crippen LogP contribution in [0, 0.1) is 24.5 Å². The Morgan fingerprint density at radius 2 is 1.79 bits per heavy atom. The third-order valence-electron chi connectivity index (χ3n) is 4.97. The third-order valence-corrected chi connectivity index (χ3v) is 4.97. The average Bonchev–Trinajstić information content (AvgIpc) is 2.85. The lowest BCUT2D eigenvalue weighted by molar-refractivity contribution is 0.111. The van der Waals surface area contributed by atoms with Crippen molar-refractivity contribution in [3.05, 3.63) is 78.2 Å². The fraction of sp³-hybridized carbons (Fsp3) is 0.407. The van der Waals surface area contributed by atoms with Crippen LogP contribution in [0.3, 0.4) is 0 Å². The molecule has 2 aromatic rings. The average molecular weight is 476 g/mol. The zero-order chi connectivity index (χ0) is 25.8. The van der Waals surface area contributed by atoms with Crippen LogP contribution in [0.1, 0.15) is 55.1 Å². The largest absolute Gasteiger partial charge is 0.400 e. The quantitative estimate of drug-likeness (QED) is 0.213. The van der Waals surface area contributed by atoms with Gasteiger partial charge in [-0.05, 0) is 55.9 Å². The van der Waals surface area contributed by atoms with Crippen LogP contribution in [0.2, 0.25) is 0 Å². The summed E-state index contributed by atoms with van der Waals surface area (Å²) in [5.41, 5.74) is 0.599. The van der Waals surface area contributed by atoms with Crippen molar-refractivity contribution in [1.82, 2.24) is 15.6 Å². The van der Waals surface area contributed by atoms with Crippen molar-refractivity contribution in [1.29, 1.82) is 0 Å². The highest BCUT2D eigenvalue weighted by molar-refractivity contribution is 5.74. The van der Waals surface area contributed by atoms with Crippen LogP contribution in [-0.2, 0) is 0 Å². The Hall–Kier alpha value is -2.90. The monoisotopic (exact) mass is 475 g/mol. The van der Waals surface area contributed by atoms with Crippen molar-refractivity contribution in [2.75, 3.05) is 20.8 Å². The fourth-order valence-corrected chi connectivity index (χ4v) is 3.23. The van der Waals surface area contributed by atoms with E-state index in [9.17, 15) is 13.6 Å². The molecular weight excluding hydrogens is 436 g/mol. The Labute approximate surface area is 203 Å². The first-order valence-electron chi connectivity index (χ1n) is 11.4. The predicted molar refractivity (Wildman–Crippen MR) is 137 cm³/mol. The molecular formula is C27H39F2N3O2. The summed E-state index contributed by atoms with van der Waals surface area (Å²) in [5, 5.41) is 12.9. The first kappa shape index (κ1) is 31.1. The third kappa shape index (κ3) is 12.4. The maximum atomic E-state index is 13.7. The molecule has 34 heavy (non-hydrogen) atoms. The van der Waals surface area contributed by atoms with Crippen LogP contribution in [0.5, 0.6) is 0 Å². The number of aliphatic hydroxyl groups is 1. The number of aldehydes is 1. The molecule has 0 atom stereocenters. The molecule has 0 amide bonds. The minimum Gasteiger partial charge on any atom is -0.400 e. The van der Waals surface area contributed by atoms with E-state index in [2.05, 4.69) is 29.1 Å². The molecule has 1 saturated carbocycles. The second kappa shape index (κ2) is 19.6. The van der Waals surface area contributed by atoms with Gasteiger partial charge in [0.15, 0.2) is 6.29 Å². The van der Waals surface area contributed by atoms with Gasteiger partial charge in [-0.1, -0.05) is 63.8 Å². The molecule has 1 heterocycles. The van der Waals surface area contributed by atoms with Crippen LogP contribution in [0.15, 0.2) is 55.3 Å². The first-order chi connectivity index (χ1) is 16.4. The molecule has 1 aromatic carbocycles. The van der Waals surface area contributed by atoms with E-state index in [0.717, 1.165) is 25.8 Å². The van der Waals surface area contributed by atoms with Crippen molar-refractivity contribution in [2.45, 2.75) is 46.0 Å². The number of benzene rings is 1. The topological polar surface area (TPSA) is 74.2 Å². The van der Waals surface area contributed by atoms with Gasteiger partial charge in [-0.2, -0.15) is 0 Å². The van der Waals surface area contributed by atoms with E-state index in [1.54, 1.807) is 19.1 Å². The second-order valence-corrected chi connectivity index (χ2v) is 7.69. The molecule has 0 radical (unpaired) electrons. The van der Waals surface area contributed by atoms with Gasteiger partial charge in [0.05, 0.1) is 6.67 Å². The highest BCUT2D eigenvalue weighted by atomic mass is 19.1. The molecule has 0 saturated heterocycles. The molecule has 0 spiro atoms. The Bertz CT molecular complexity index is 847. The van der Waals surface area contributed by atoms with Gasteiger partial charge in [0.1, 0.15) is 23.0 Å². The van der Waals surface area contributed by atoms with E-state index >= 15 is 0 Å². The van der Waals surface area contributed by atoms with Gasteiger partial charge in [0.2, 0.25) is 0 Å². The summed E-state index contributed by atoms with van der Waals surface area (Å²) in [6.45, 7) is 8.33. The Balaban J connectivity index is 0.000000534. The number of carbonyl (C=O) groups is 1. The lowest BCUT2D eigenvalue weighted by Crippen LogP contribution is -2.20. The van der Waals surface area contributed by atoms with Crippen molar-refractivity contribution >= 4 is 6.29 Å². The van der Waals surface area contributed by atoms with E-state index < -0.39 is 11.6 Å². The number of aryl methyl sites for hydroxylation is 1. The Morgan fingerprint density at radius 3 is 2.29 bits per heavy atom. The number of nitrogens with zero attached hydrogens (tertiary/aromatic N) is 1. The molecule has 1 aliphatic carbocycles. The summed E-state index contributed by atoms with van der Waals surface area (Å²) < 4.78 is 27.3. The maximum absolute atomic E-state index is 13.7. The molecule has 5 nitrogen and oxygen atoms in total. The van der Waals surface area contributed by atoms with Crippen molar-refractivity contribution < 1.29 is 18.7 Å². The van der Waals surface area contributed by atoms with Crippen molar-refractivity contribution in [3.8, 4) is 11.3 Å². The fourth-order valence-electron chi connectivity index (χ4n) is 3.23. The summed E-state index contributed by atoms with van der Waals surface area (Å²) in [6.07, 6.45) is 13.3. The predicted octanol–water partition coefficient (Wildman–Crippen LogP) is 5.80. The molecule has 1 fully saturated rings. The van der Waals surface area contributed by atoms with Gasteiger partial charge >= 0.3 is 0 Å². The minimum atomic E-state index is -0.649. The second-order valence-electron chi connectivity index (χ2n) is 7.69. The standard InChI is InChI=1S/C13H9F2NO.C7H14.C6H12N2.CH4O/c1-8-3-2-4-10(14)12(8)13-11(15)6-5-9(7-17)16-13;1-7-5-3-2-4-6-7;1-3-4-5-8-6-7-2;1-2/h2-7H,1H3;7H,2-6H2,1H3;3-5,7-8H,1,6H2,2H3;2H,1H3/b;;5-4-;. The molecule has 1 aliphatic rings. The molecule has 0 unspecified atom stereocenters. The number of aromatic nitrogens is 1. The Kier molecular flexibility index (Phi) is 17.9. The van der Waals surface area contributed by atoms with Crippen LogP contribution in [0.25, 0.3) is 11.3 Å². The number of pyridine rings is 1. The number of nitrogens with one attached hydrogen (secondary N) is 2. The van der Waals surface area contributed by atoms with Crippen molar-refractivity contribution in [2.24, 2.45) is 5.92 Å². The normalized spacial score (nSPS) is 12.8. The van der Waals surface area contributed by atoms with Gasteiger partial charge in [0.25, 0.3) is 0 Å². The van der Waals surface area contributed by atoms with E-state index in [4.69, 9.17) is 5.11 Å². The molecule has 3 rings (SSSR count). The van der Waals surface area contributed by atoms with Gasteiger partial charge in [-0.25, -0.2) is 13.8 Å². The number of rotatable bonds is 6. The molecule has 3 N–H and O–H groups in total. The maximum Gasteiger partial charge on any atom is 0.168 e. The highest BCUT2D eigenvalue weighted by Crippen LogP contribution is 2.27. The van der Waals surface area contributed by atoms with Crippen LogP contribution < -0.4 is 10.6 Å². The van der Waals surface area contributed by atoms with Gasteiger partial charge < -0.3 is 15.7 Å². The smallest absolute Gasteiger partial charge is 0.168 e. The summed E-state index contributed by atoms with van der Waals surface area (Å²) in [5.74, 6) is -0.169. The molecule has 188 valence electrons. The van der Waals surface area contributed by atoms with Crippen LogP contribution >= 0.6 is 0 Å². The summed E-state index contributed by atoms with van der Waals surface area (Å²) >= 11 is 0. The molecule has 0 bridgehead atoms. The number of allylic oxidation sites excluding steroid dienone is 2. The lowest BCUT2D eigenvalue weighted by Gasteiger charge is -2.15. The molecule has 7 heteroatoms. The number of hydrogen-bond donors (Lipinski definition) is 3. The highest BCUT2D eigenvalue weighted by Gasteiger charge is 2.14. The van der Waals surface area contributed by atoms with Gasteiger partial charge in [-0.3, -0.25) is 4.79 Å². The van der Waals surface area contributed by atoms with Gasteiger partial charge in [0, 0.05) is 12.7 Å². The zero-order valence-electron chi connectivity index (χ0n) is 20.8. The number of halogens is 2. The van der Waals surface area contributed by atoms with Gasteiger partial charge in [-0.15, -0.1) is 0 Å². The van der Waals surface area contributed by atoms with E-state index in [1.165, 1.54) is 50.3 Å². The Morgan fingerprint density at radius 1 is 1.12 bits per heavy atom. The molecule has 0 aliphatic heterocycles. The summed E-state index contributed by atoms with van der Waals surface area (Å²) in [4.78, 5) is 14.4. The summed E-state index contributed by atoms with van der Waals surface area (Å²) in [7, 11) is 2.88. The first-order valence-corrected chi connectivity index (χ1v) is 11.4. The zero-order valence-corrected chi connectivity index (χ0v) is 20.8. The van der Waals surface area contributed by atoms with Crippen LogP contribution in [0.4, 0.5) is 8.78 Å². The van der Waals surface area contributed by atoms with E-state index in [-0.39, 0.29) is 17.0 Å². The summed E-state index contributed by atoms with van der Waals surface area (Å²) in [6, 6.07) is 6.79. The number of carbonyl (C=O) groups excluding carboxylic acids is 1. The van der Waals surface area contributed by atoms with E-state index in [0.29, 0.717) is 11.8 Å². The number of aliphatic hydroxyl groups excluding tert-OH is 1. The number of hydrogen-bond acceptors (Lipinski definition) is 5. The lowest BCUT2D eigenvalue weighted by atomic mass is 9.91. The minimum absolute atomic E-state index is 0.0732. The van der Waals surface area contributed by atoms with E-state index in [1.807, 2.05) is 19.3 Å². The SMILES string of the molecule is C=C/C=C\NCNC.CC1CCCCC1.CO.Cc1cccc(F)c1-c1nc(C=O)ccc1F. The van der Waals surface area contributed by atoms with Crippen LogP contribution in [-0.4, -0.2) is 37.2 Å².